The van der Waals surface area contributed by atoms with Crippen LogP contribution in [0.5, 0.6) is 0 Å². The highest BCUT2D eigenvalue weighted by Crippen LogP contribution is 2.17. The van der Waals surface area contributed by atoms with Crippen LogP contribution in [0.25, 0.3) is 17.2 Å². The van der Waals surface area contributed by atoms with Crippen LogP contribution < -0.4 is 10.6 Å². The van der Waals surface area contributed by atoms with E-state index in [0.29, 0.717) is 11.7 Å². The Morgan fingerprint density at radius 2 is 2.25 bits per heavy atom. The van der Waals surface area contributed by atoms with Gasteiger partial charge in [0.25, 0.3) is 0 Å². The Bertz CT molecular complexity index is 945. The van der Waals surface area contributed by atoms with Crippen LogP contribution in [0.2, 0.25) is 0 Å². The first kappa shape index (κ1) is 20.0. The number of rotatable bonds is 5. The Morgan fingerprint density at radius 3 is 2.89 bits per heavy atom. The van der Waals surface area contributed by atoms with Gasteiger partial charge >= 0.3 is 0 Å². The molecular weight excluding hydrogens is 382 g/mol. The maximum atomic E-state index is 12.0. The number of halogens is 1. The maximum absolute atomic E-state index is 12.0. The first-order valence-electron chi connectivity index (χ1n) is 8.94. The number of carbonyl (C=O) groups excluding carboxylic acids is 1. The van der Waals surface area contributed by atoms with Gasteiger partial charge in [0.1, 0.15) is 0 Å². The van der Waals surface area contributed by atoms with Gasteiger partial charge in [0.05, 0.1) is 18.3 Å². The minimum Gasteiger partial charge on any atom is -0.346 e. The molecule has 0 saturated carbocycles. The van der Waals surface area contributed by atoms with E-state index in [0.717, 1.165) is 42.2 Å². The molecule has 3 aromatic heterocycles. The molecule has 2 N–H and O–H groups in total. The lowest BCUT2D eigenvalue weighted by molar-refractivity contribution is -0.123. The molecule has 1 fully saturated rings. The number of amides is 1. The molecule has 1 unspecified atom stereocenters. The third kappa shape index (κ3) is 4.20. The smallest absolute Gasteiger partial charge is 0.246 e. The zero-order chi connectivity index (χ0) is 18.8. The first-order valence-corrected chi connectivity index (χ1v) is 8.94. The summed E-state index contributed by atoms with van der Waals surface area (Å²) in [5, 5.41) is 14.4. The molecule has 0 radical (unpaired) electrons. The Hall–Kier alpha value is -2.78. The molecular formula is C18H22ClN7O2. The second-order valence-corrected chi connectivity index (χ2v) is 6.62. The number of carbonyl (C=O) groups is 1. The number of pyridine rings is 1. The summed E-state index contributed by atoms with van der Waals surface area (Å²) in [5.74, 6) is 1.48. The fourth-order valence-corrected chi connectivity index (χ4v) is 3.14. The van der Waals surface area contributed by atoms with Crippen LogP contribution in [0.1, 0.15) is 30.1 Å². The number of aromatic nitrogens is 5. The van der Waals surface area contributed by atoms with Crippen molar-refractivity contribution >= 4 is 18.3 Å². The molecule has 3 aromatic rings. The van der Waals surface area contributed by atoms with Crippen molar-refractivity contribution in [3.63, 3.8) is 0 Å². The maximum Gasteiger partial charge on any atom is 0.246 e. The van der Waals surface area contributed by atoms with E-state index in [4.69, 9.17) is 4.52 Å². The predicted octanol–water partition coefficient (Wildman–Crippen LogP) is 1.72. The van der Waals surface area contributed by atoms with Gasteiger partial charge in [-0.3, -0.25) is 4.79 Å². The third-order valence-corrected chi connectivity index (χ3v) is 4.49. The van der Waals surface area contributed by atoms with Gasteiger partial charge in [-0.05, 0) is 51.4 Å². The van der Waals surface area contributed by atoms with Gasteiger partial charge in [0.15, 0.2) is 5.82 Å². The van der Waals surface area contributed by atoms with E-state index in [1.807, 2.05) is 32.0 Å². The highest BCUT2D eigenvalue weighted by Gasteiger charge is 2.22. The van der Waals surface area contributed by atoms with Crippen molar-refractivity contribution in [1.82, 2.24) is 35.5 Å². The summed E-state index contributed by atoms with van der Waals surface area (Å²) in [7, 11) is 0. The summed E-state index contributed by atoms with van der Waals surface area (Å²) in [6, 6.07) is 5.60. The summed E-state index contributed by atoms with van der Waals surface area (Å²) in [6.45, 7) is 5.02. The van der Waals surface area contributed by atoms with Gasteiger partial charge in [0, 0.05) is 17.5 Å². The monoisotopic (exact) mass is 403 g/mol. The van der Waals surface area contributed by atoms with Crippen molar-refractivity contribution in [3.8, 4) is 17.2 Å². The van der Waals surface area contributed by atoms with Crippen molar-refractivity contribution in [1.29, 1.82) is 0 Å². The standard InChI is InChI=1S/C18H21N7O2.ClH/c1-11-8-12(2)25(23-11)15-6-5-13(9-20-15)17-22-16(27-24-17)10-21-18(26)14-4-3-7-19-14;/h5-6,8-9,14,19H,3-4,7,10H2,1-2H3,(H,21,26);1H. The van der Waals surface area contributed by atoms with E-state index < -0.39 is 0 Å². The van der Waals surface area contributed by atoms with Gasteiger partial charge < -0.3 is 15.2 Å². The molecule has 10 heteroatoms. The number of nitrogens with zero attached hydrogens (tertiary/aromatic N) is 5. The van der Waals surface area contributed by atoms with E-state index in [1.54, 1.807) is 10.9 Å². The normalized spacial score (nSPS) is 16.0. The average molecular weight is 404 g/mol. The van der Waals surface area contributed by atoms with E-state index in [1.165, 1.54) is 0 Å². The Labute approximate surface area is 168 Å². The summed E-state index contributed by atoms with van der Waals surface area (Å²) >= 11 is 0. The molecule has 28 heavy (non-hydrogen) atoms. The number of hydrogen-bond donors (Lipinski definition) is 2. The van der Waals surface area contributed by atoms with Crippen LogP contribution in [0, 0.1) is 13.8 Å². The van der Waals surface area contributed by atoms with Crippen molar-refractivity contribution in [2.24, 2.45) is 0 Å². The molecule has 1 amide bonds. The minimum absolute atomic E-state index is 0. The summed E-state index contributed by atoms with van der Waals surface area (Å²) in [6.07, 6.45) is 3.55. The highest BCUT2D eigenvalue weighted by atomic mass is 35.5. The van der Waals surface area contributed by atoms with Crippen LogP contribution in [0.15, 0.2) is 28.9 Å². The molecule has 4 heterocycles. The number of hydrogen-bond acceptors (Lipinski definition) is 7. The molecule has 0 aliphatic carbocycles. The van der Waals surface area contributed by atoms with Gasteiger partial charge in [-0.15, -0.1) is 12.4 Å². The lowest BCUT2D eigenvalue weighted by atomic mass is 10.2. The van der Waals surface area contributed by atoms with Crippen LogP contribution in [-0.4, -0.2) is 43.4 Å². The van der Waals surface area contributed by atoms with E-state index >= 15 is 0 Å². The molecule has 0 bridgehead atoms. The molecule has 1 aliphatic rings. The highest BCUT2D eigenvalue weighted by molar-refractivity contribution is 5.85. The van der Waals surface area contributed by atoms with Gasteiger partial charge in [0.2, 0.25) is 17.6 Å². The summed E-state index contributed by atoms with van der Waals surface area (Å²) in [4.78, 5) is 20.8. The second-order valence-electron chi connectivity index (χ2n) is 6.62. The van der Waals surface area contributed by atoms with Crippen LogP contribution in [-0.2, 0) is 11.3 Å². The zero-order valence-electron chi connectivity index (χ0n) is 15.7. The van der Waals surface area contributed by atoms with Gasteiger partial charge in [-0.1, -0.05) is 5.16 Å². The Balaban J connectivity index is 0.00000225. The SMILES string of the molecule is Cc1cc(C)n(-c2ccc(-c3noc(CNC(=O)C4CCCN4)n3)cn2)n1.Cl. The molecule has 0 aromatic carbocycles. The second kappa shape index (κ2) is 8.49. The topological polar surface area (TPSA) is 111 Å². The van der Waals surface area contributed by atoms with E-state index in [2.05, 4.69) is 30.9 Å². The van der Waals surface area contributed by atoms with Crippen molar-refractivity contribution in [3.05, 3.63) is 41.7 Å². The quantitative estimate of drug-likeness (QED) is 0.667. The predicted molar refractivity (Wildman–Crippen MR) is 104 cm³/mol. The summed E-state index contributed by atoms with van der Waals surface area (Å²) < 4.78 is 7.01. The largest absolute Gasteiger partial charge is 0.346 e. The molecule has 148 valence electrons. The van der Waals surface area contributed by atoms with E-state index in [-0.39, 0.29) is 30.9 Å². The molecule has 9 nitrogen and oxygen atoms in total. The fraction of sp³-hybridized carbons (Fsp3) is 0.389. The van der Waals surface area contributed by atoms with Crippen LogP contribution in [0.4, 0.5) is 0 Å². The van der Waals surface area contributed by atoms with E-state index in [9.17, 15) is 4.79 Å². The van der Waals surface area contributed by atoms with Crippen LogP contribution >= 0.6 is 12.4 Å². The Morgan fingerprint density at radius 1 is 1.39 bits per heavy atom. The van der Waals surface area contributed by atoms with Crippen LogP contribution in [0.3, 0.4) is 0 Å². The first-order chi connectivity index (χ1) is 13.1. The molecule has 1 aliphatic heterocycles. The lowest BCUT2D eigenvalue weighted by Gasteiger charge is -2.08. The number of aryl methyl sites for hydroxylation is 2. The summed E-state index contributed by atoms with van der Waals surface area (Å²) in [5.41, 5.74) is 2.69. The van der Waals surface area contributed by atoms with Crippen molar-refractivity contribution in [2.75, 3.05) is 6.54 Å². The van der Waals surface area contributed by atoms with Gasteiger partial charge in [-0.25, -0.2) is 9.67 Å². The molecule has 1 saturated heterocycles. The van der Waals surface area contributed by atoms with Crippen molar-refractivity contribution < 1.29 is 9.32 Å². The molecule has 4 rings (SSSR count). The minimum atomic E-state index is -0.126. The zero-order valence-corrected chi connectivity index (χ0v) is 16.5. The average Bonchev–Trinajstić information content (AvgIpc) is 3.41. The van der Waals surface area contributed by atoms with Gasteiger partial charge in [-0.2, -0.15) is 10.1 Å². The van der Waals surface area contributed by atoms with Crippen molar-refractivity contribution in [2.45, 2.75) is 39.3 Å². The molecule has 0 spiro atoms. The number of nitrogens with one attached hydrogen (secondary N) is 2. The lowest BCUT2D eigenvalue weighted by Crippen LogP contribution is -2.40. The molecule has 1 atom stereocenters. The fourth-order valence-electron chi connectivity index (χ4n) is 3.14. The third-order valence-electron chi connectivity index (χ3n) is 4.49. The Kier molecular flexibility index (Phi) is 6.05.